The Morgan fingerprint density at radius 3 is 2.29 bits per heavy atom. The van der Waals surface area contributed by atoms with Gasteiger partial charge in [-0.25, -0.2) is 13.2 Å². The number of halogens is 3. The van der Waals surface area contributed by atoms with Crippen LogP contribution in [0.2, 0.25) is 0 Å². The van der Waals surface area contributed by atoms with Gasteiger partial charge >= 0.3 is 0 Å². The first-order valence-corrected chi connectivity index (χ1v) is 4.30. The molecule has 0 saturated heterocycles. The van der Waals surface area contributed by atoms with Gasteiger partial charge in [-0.2, -0.15) is 0 Å². The van der Waals surface area contributed by atoms with Gasteiger partial charge in [-0.1, -0.05) is 12.1 Å². The molecule has 0 fully saturated rings. The Bertz CT molecular complexity index is 282. The number of rotatable bonds is 4. The van der Waals surface area contributed by atoms with Crippen molar-refractivity contribution in [3.8, 4) is 0 Å². The highest BCUT2D eigenvalue weighted by atomic mass is 19.3. The summed E-state index contributed by atoms with van der Waals surface area (Å²) >= 11 is 0. The first-order chi connectivity index (χ1) is 6.53. The predicted octanol–water partition coefficient (Wildman–Crippen LogP) is 2.22. The Morgan fingerprint density at radius 1 is 1.21 bits per heavy atom. The maximum Gasteiger partial charge on any atom is 0.264 e. The van der Waals surface area contributed by atoms with E-state index in [2.05, 4.69) is 5.32 Å². The highest BCUT2D eigenvalue weighted by molar-refractivity contribution is 5.17. The van der Waals surface area contributed by atoms with E-state index >= 15 is 0 Å². The topological polar surface area (TPSA) is 12.0 Å². The van der Waals surface area contributed by atoms with Crippen LogP contribution in [0.3, 0.4) is 0 Å². The second-order valence-corrected chi connectivity index (χ2v) is 3.19. The number of alkyl halides is 2. The minimum atomic E-state index is -2.79. The molecule has 0 bridgehead atoms. The van der Waals surface area contributed by atoms with Crippen molar-refractivity contribution in [1.29, 1.82) is 0 Å². The highest BCUT2D eigenvalue weighted by Crippen LogP contribution is 2.19. The molecule has 0 atom stereocenters. The second kappa shape index (κ2) is 4.46. The van der Waals surface area contributed by atoms with Crippen LogP contribution in [0.5, 0.6) is 0 Å². The van der Waals surface area contributed by atoms with Crippen molar-refractivity contribution in [2.45, 2.75) is 12.3 Å². The summed E-state index contributed by atoms with van der Waals surface area (Å²) in [5.74, 6) is -3.20. The van der Waals surface area contributed by atoms with Crippen LogP contribution in [-0.4, -0.2) is 19.5 Å². The zero-order chi connectivity index (χ0) is 10.6. The molecule has 0 spiro atoms. The highest BCUT2D eigenvalue weighted by Gasteiger charge is 2.27. The Labute approximate surface area is 80.9 Å². The fourth-order valence-electron chi connectivity index (χ4n) is 1.22. The molecule has 0 radical (unpaired) electrons. The SMILES string of the molecule is CNCC(F)(F)Cc1ccc(F)cc1. The van der Waals surface area contributed by atoms with Crippen molar-refractivity contribution in [3.05, 3.63) is 35.6 Å². The maximum atomic E-state index is 13.1. The molecule has 1 nitrogen and oxygen atoms in total. The third-order valence-electron chi connectivity index (χ3n) is 1.81. The molecule has 0 aromatic heterocycles. The summed E-state index contributed by atoms with van der Waals surface area (Å²) in [6.45, 7) is -0.371. The van der Waals surface area contributed by atoms with Gasteiger partial charge in [0.1, 0.15) is 5.82 Å². The van der Waals surface area contributed by atoms with Crippen molar-refractivity contribution >= 4 is 0 Å². The van der Waals surface area contributed by atoms with Gasteiger partial charge in [0.2, 0.25) is 0 Å². The molecular formula is C10H12F3N. The molecule has 0 aliphatic carbocycles. The summed E-state index contributed by atoms with van der Waals surface area (Å²) in [5.41, 5.74) is 0.437. The summed E-state index contributed by atoms with van der Waals surface area (Å²) < 4.78 is 38.6. The normalized spacial score (nSPS) is 11.7. The van der Waals surface area contributed by atoms with E-state index in [1.54, 1.807) is 0 Å². The van der Waals surface area contributed by atoms with Gasteiger partial charge in [0.15, 0.2) is 0 Å². The molecule has 4 heteroatoms. The van der Waals surface area contributed by atoms with Gasteiger partial charge in [0.25, 0.3) is 5.92 Å². The van der Waals surface area contributed by atoms with E-state index in [4.69, 9.17) is 0 Å². The molecule has 1 aromatic carbocycles. The standard InChI is InChI=1S/C10H12F3N/c1-14-7-10(12,13)6-8-2-4-9(11)5-3-8/h2-5,14H,6-7H2,1H3. The smallest absolute Gasteiger partial charge is 0.264 e. The van der Waals surface area contributed by atoms with Crippen LogP contribution in [0.4, 0.5) is 13.2 Å². The third kappa shape index (κ3) is 3.38. The third-order valence-corrected chi connectivity index (χ3v) is 1.81. The van der Waals surface area contributed by atoms with Crippen LogP contribution in [-0.2, 0) is 6.42 Å². The summed E-state index contributed by atoms with van der Waals surface area (Å²) in [7, 11) is 1.47. The van der Waals surface area contributed by atoms with E-state index in [0.717, 1.165) is 0 Å². The van der Waals surface area contributed by atoms with Crippen LogP contribution >= 0.6 is 0 Å². The van der Waals surface area contributed by atoms with Crippen LogP contribution < -0.4 is 5.32 Å². The fraction of sp³-hybridized carbons (Fsp3) is 0.400. The lowest BCUT2D eigenvalue weighted by atomic mass is 10.1. The molecule has 0 saturated carbocycles. The summed E-state index contributed by atoms with van der Waals surface area (Å²) in [5, 5.41) is 2.42. The molecular weight excluding hydrogens is 191 g/mol. The fourth-order valence-corrected chi connectivity index (χ4v) is 1.22. The first-order valence-electron chi connectivity index (χ1n) is 4.30. The van der Waals surface area contributed by atoms with Crippen molar-refractivity contribution in [2.75, 3.05) is 13.6 Å². The molecule has 14 heavy (non-hydrogen) atoms. The van der Waals surface area contributed by atoms with E-state index in [0.29, 0.717) is 5.56 Å². The van der Waals surface area contributed by atoms with Crippen molar-refractivity contribution in [3.63, 3.8) is 0 Å². The van der Waals surface area contributed by atoms with Gasteiger partial charge in [0, 0.05) is 6.42 Å². The molecule has 78 valence electrons. The predicted molar refractivity (Wildman–Crippen MR) is 49.0 cm³/mol. The summed E-state index contributed by atoms with van der Waals surface area (Å²) in [4.78, 5) is 0. The monoisotopic (exact) mass is 203 g/mol. The number of nitrogens with one attached hydrogen (secondary N) is 1. The molecule has 0 unspecified atom stereocenters. The molecule has 0 heterocycles. The molecule has 1 rings (SSSR count). The van der Waals surface area contributed by atoms with E-state index < -0.39 is 11.7 Å². The van der Waals surface area contributed by atoms with Crippen LogP contribution in [0.1, 0.15) is 5.56 Å². The first kappa shape index (κ1) is 11.0. The second-order valence-electron chi connectivity index (χ2n) is 3.19. The molecule has 1 N–H and O–H groups in total. The molecule has 0 amide bonds. The van der Waals surface area contributed by atoms with Gasteiger partial charge in [-0.15, -0.1) is 0 Å². The minimum Gasteiger partial charge on any atom is -0.314 e. The van der Waals surface area contributed by atoms with Crippen LogP contribution in [0.25, 0.3) is 0 Å². The molecule has 0 aliphatic rings. The lowest BCUT2D eigenvalue weighted by Gasteiger charge is -2.15. The summed E-state index contributed by atoms with van der Waals surface area (Å²) in [6.07, 6.45) is -0.367. The van der Waals surface area contributed by atoms with Crippen molar-refractivity contribution in [1.82, 2.24) is 5.32 Å². The van der Waals surface area contributed by atoms with E-state index in [1.807, 2.05) is 0 Å². The minimum absolute atomic E-state index is 0.367. The zero-order valence-electron chi connectivity index (χ0n) is 7.86. The van der Waals surface area contributed by atoms with Crippen molar-refractivity contribution < 1.29 is 13.2 Å². The molecule has 1 aromatic rings. The number of hydrogen-bond acceptors (Lipinski definition) is 1. The van der Waals surface area contributed by atoms with Crippen LogP contribution in [0.15, 0.2) is 24.3 Å². The van der Waals surface area contributed by atoms with Gasteiger partial charge in [-0.3, -0.25) is 0 Å². The Hall–Kier alpha value is -1.03. The Kier molecular flexibility index (Phi) is 3.52. The zero-order valence-corrected chi connectivity index (χ0v) is 7.86. The molecule has 0 aliphatic heterocycles. The number of hydrogen-bond donors (Lipinski definition) is 1. The Morgan fingerprint density at radius 2 is 1.79 bits per heavy atom. The Balaban J connectivity index is 2.64. The van der Waals surface area contributed by atoms with E-state index in [1.165, 1.54) is 31.3 Å². The number of benzene rings is 1. The lowest BCUT2D eigenvalue weighted by molar-refractivity contribution is 0.00449. The largest absolute Gasteiger partial charge is 0.314 e. The van der Waals surface area contributed by atoms with Crippen LogP contribution in [0, 0.1) is 5.82 Å². The van der Waals surface area contributed by atoms with E-state index in [9.17, 15) is 13.2 Å². The average Bonchev–Trinajstić information content (AvgIpc) is 2.08. The van der Waals surface area contributed by atoms with Crippen molar-refractivity contribution in [2.24, 2.45) is 0 Å². The maximum absolute atomic E-state index is 13.1. The van der Waals surface area contributed by atoms with Gasteiger partial charge < -0.3 is 5.32 Å². The summed E-state index contributed by atoms with van der Waals surface area (Å²) in [6, 6.07) is 5.12. The van der Waals surface area contributed by atoms with E-state index in [-0.39, 0.29) is 13.0 Å². The van der Waals surface area contributed by atoms with Gasteiger partial charge in [0.05, 0.1) is 6.54 Å². The lowest BCUT2D eigenvalue weighted by Crippen LogP contribution is -2.32. The van der Waals surface area contributed by atoms with Gasteiger partial charge in [-0.05, 0) is 24.7 Å². The average molecular weight is 203 g/mol. The quantitative estimate of drug-likeness (QED) is 0.791.